The second-order valence-electron chi connectivity index (χ2n) is 11.8. The molecule has 1 saturated heterocycles. The third kappa shape index (κ3) is 7.30. The Kier molecular flexibility index (Phi) is 10.2. The quantitative estimate of drug-likeness (QED) is 0.152. The number of aromatic nitrogens is 4. The van der Waals surface area contributed by atoms with Gasteiger partial charge in [0, 0.05) is 60.6 Å². The van der Waals surface area contributed by atoms with Gasteiger partial charge < -0.3 is 20.1 Å². The lowest BCUT2D eigenvalue weighted by atomic mass is 10.0. The highest BCUT2D eigenvalue weighted by Gasteiger charge is 2.20. The SMILES string of the molecule is CCOc1cc2nc(CC)c(C#N)c(Nc3ccc4c(cnn4Cc4ccccn4)c3)c2cc1NC(=O)/C=C/CN(C)C1CCOCC1. The Bertz CT molecular complexity index is 1980. The number of hydrogen-bond donors (Lipinski definition) is 2. The highest BCUT2D eigenvalue weighted by molar-refractivity contribution is 6.05. The van der Waals surface area contributed by atoms with E-state index in [-0.39, 0.29) is 5.91 Å². The maximum absolute atomic E-state index is 13.1. The van der Waals surface area contributed by atoms with E-state index in [2.05, 4.69) is 38.7 Å². The van der Waals surface area contributed by atoms with Crippen molar-refractivity contribution in [3.05, 3.63) is 90.0 Å². The summed E-state index contributed by atoms with van der Waals surface area (Å²) in [5.41, 5.74) is 5.59. The van der Waals surface area contributed by atoms with Crippen LogP contribution >= 0.6 is 0 Å². The van der Waals surface area contributed by atoms with Crippen LogP contribution in [0.2, 0.25) is 0 Å². The molecule has 2 N–H and O–H groups in total. The zero-order valence-electron chi connectivity index (χ0n) is 27.6. The minimum absolute atomic E-state index is 0.267. The topological polar surface area (TPSA) is 130 Å². The van der Waals surface area contributed by atoms with Crippen LogP contribution in [0.5, 0.6) is 5.75 Å². The summed E-state index contributed by atoms with van der Waals surface area (Å²) < 4.78 is 13.3. The van der Waals surface area contributed by atoms with Gasteiger partial charge in [0.1, 0.15) is 11.8 Å². The van der Waals surface area contributed by atoms with Gasteiger partial charge in [0.2, 0.25) is 5.91 Å². The number of rotatable bonds is 12. The van der Waals surface area contributed by atoms with Crippen LogP contribution in [0.1, 0.15) is 43.6 Å². The van der Waals surface area contributed by atoms with Crippen molar-refractivity contribution < 1.29 is 14.3 Å². The van der Waals surface area contributed by atoms with Crippen LogP contribution in [0.3, 0.4) is 0 Å². The molecule has 2 aromatic carbocycles. The number of aryl methyl sites for hydroxylation is 1. The second kappa shape index (κ2) is 15.1. The average Bonchev–Trinajstić information content (AvgIpc) is 3.50. The van der Waals surface area contributed by atoms with Crippen LogP contribution in [0.4, 0.5) is 17.1 Å². The molecule has 48 heavy (non-hydrogen) atoms. The maximum atomic E-state index is 13.1. The number of benzene rings is 2. The summed E-state index contributed by atoms with van der Waals surface area (Å²) in [7, 11) is 2.07. The molecule has 4 heterocycles. The Morgan fingerprint density at radius 2 is 2.04 bits per heavy atom. The van der Waals surface area contributed by atoms with Gasteiger partial charge in [0.25, 0.3) is 0 Å². The Labute approximate surface area is 280 Å². The van der Waals surface area contributed by atoms with Crippen LogP contribution < -0.4 is 15.4 Å². The number of nitriles is 1. The molecule has 0 atom stereocenters. The first-order valence-electron chi connectivity index (χ1n) is 16.4. The van der Waals surface area contributed by atoms with E-state index in [0.717, 1.165) is 48.3 Å². The van der Waals surface area contributed by atoms with Crippen LogP contribution in [-0.2, 0) is 22.5 Å². The number of carbonyl (C=O) groups is 1. The standard InChI is InChI=1S/C37H40N8O3/c1-4-31-30(22-38)37(41-26-11-12-34-25(19-26)23-40-45(34)24-27-9-6-7-15-39-27)29-20-33(35(48-5-2)21-32(29)42-31)43-36(46)10-8-16-44(3)28-13-17-47-18-14-28/h6-12,15,19-21,23,28H,4-5,13-14,16-18,24H2,1-3H3,(H,41,42)(H,43,46)/b10-8+. The predicted octanol–water partition coefficient (Wildman–Crippen LogP) is 6.21. The molecule has 1 fully saturated rings. The molecular weight excluding hydrogens is 604 g/mol. The maximum Gasteiger partial charge on any atom is 0.248 e. The smallest absolute Gasteiger partial charge is 0.248 e. The molecule has 3 aromatic heterocycles. The fraction of sp³-hybridized carbons (Fsp3) is 0.324. The van der Waals surface area contributed by atoms with Gasteiger partial charge in [-0.2, -0.15) is 10.4 Å². The minimum atomic E-state index is -0.267. The number of anilines is 3. The normalized spacial score (nSPS) is 13.7. The fourth-order valence-electron chi connectivity index (χ4n) is 6.08. The third-order valence-corrected chi connectivity index (χ3v) is 8.59. The summed E-state index contributed by atoms with van der Waals surface area (Å²) in [6.45, 7) is 7.04. The molecule has 246 valence electrons. The summed E-state index contributed by atoms with van der Waals surface area (Å²) in [5, 5.41) is 23.0. The molecule has 1 aliphatic heterocycles. The van der Waals surface area contributed by atoms with Gasteiger partial charge in [-0.25, -0.2) is 0 Å². The van der Waals surface area contributed by atoms with Gasteiger partial charge in [-0.15, -0.1) is 0 Å². The summed E-state index contributed by atoms with van der Waals surface area (Å²) in [6.07, 6.45) is 9.58. The van der Waals surface area contributed by atoms with Crippen LogP contribution in [-0.4, -0.2) is 70.0 Å². The first kappa shape index (κ1) is 32.6. The Hall–Kier alpha value is -5.31. The molecule has 0 aliphatic carbocycles. The number of amides is 1. The van der Waals surface area contributed by atoms with Gasteiger partial charge in [-0.05, 0) is 69.6 Å². The van der Waals surface area contributed by atoms with E-state index < -0.39 is 0 Å². The van der Waals surface area contributed by atoms with E-state index in [1.807, 2.05) is 79.3 Å². The van der Waals surface area contributed by atoms with Gasteiger partial charge in [-0.1, -0.05) is 19.1 Å². The van der Waals surface area contributed by atoms with Crippen molar-refractivity contribution in [3.63, 3.8) is 0 Å². The Balaban J connectivity index is 1.30. The molecule has 11 nitrogen and oxygen atoms in total. The largest absolute Gasteiger partial charge is 0.492 e. The highest BCUT2D eigenvalue weighted by atomic mass is 16.5. The fourth-order valence-corrected chi connectivity index (χ4v) is 6.08. The predicted molar refractivity (Wildman–Crippen MR) is 188 cm³/mol. The molecule has 6 rings (SSSR count). The van der Waals surface area contributed by atoms with E-state index in [0.29, 0.717) is 71.4 Å². The summed E-state index contributed by atoms with van der Waals surface area (Å²) in [6, 6.07) is 18.3. The number of nitrogens with one attached hydrogen (secondary N) is 2. The second-order valence-corrected chi connectivity index (χ2v) is 11.8. The Morgan fingerprint density at radius 1 is 1.19 bits per heavy atom. The van der Waals surface area contributed by atoms with Gasteiger partial charge in [0.15, 0.2) is 0 Å². The number of fused-ring (bicyclic) bond motifs is 2. The van der Waals surface area contributed by atoms with Crippen molar-refractivity contribution in [3.8, 4) is 11.8 Å². The number of hydrogen-bond acceptors (Lipinski definition) is 9. The number of nitrogens with zero attached hydrogens (tertiary/aromatic N) is 6. The van der Waals surface area contributed by atoms with Gasteiger partial charge in [0.05, 0.1) is 58.7 Å². The lowest BCUT2D eigenvalue weighted by Crippen LogP contribution is -2.36. The van der Waals surface area contributed by atoms with E-state index in [9.17, 15) is 10.1 Å². The van der Waals surface area contributed by atoms with Crippen LogP contribution in [0.15, 0.2) is 73.1 Å². The van der Waals surface area contributed by atoms with E-state index in [1.54, 1.807) is 12.3 Å². The van der Waals surface area contributed by atoms with Gasteiger partial charge >= 0.3 is 0 Å². The number of carbonyl (C=O) groups excluding carboxylic acids is 1. The molecule has 0 bridgehead atoms. The molecule has 1 aliphatic rings. The minimum Gasteiger partial charge on any atom is -0.492 e. The zero-order chi connectivity index (χ0) is 33.5. The van der Waals surface area contributed by atoms with Gasteiger partial charge in [-0.3, -0.25) is 24.3 Å². The van der Waals surface area contributed by atoms with Crippen LogP contribution in [0, 0.1) is 11.3 Å². The van der Waals surface area contributed by atoms with Crippen molar-refractivity contribution in [2.24, 2.45) is 0 Å². The molecule has 0 unspecified atom stereocenters. The molecular formula is C37H40N8O3. The lowest BCUT2D eigenvalue weighted by Gasteiger charge is -2.30. The highest BCUT2D eigenvalue weighted by Crippen LogP contribution is 2.38. The molecule has 0 radical (unpaired) electrons. The first-order chi connectivity index (χ1) is 23.5. The first-order valence-corrected chi connectivity index (χ1v) is 16.4. The average molecular weight is 645 g/mol. The Morgan fingerprint density at radius 3 is 2.79 bits per heavy atom. The van der Waals surface area contributed by atoms with Crippen LogP contribution in [0.25, 0.3) is 21.8 Å². The molecule has 5 aromatic rings. The van der Waals surface area contributed by atoms with Crippen molar-refractivity contribution in [2.45, 2.75) is 45.7 Å². The van der Waals surface area contributed by atoms with Crippen molar-refractivity contribution in [2.75, 3.05) is 44.0 Å². The monoisotopic (exact) mass is 644 g/mol. The summed E-state index contributed by atoms with van der Waals surface area (Å²) >= 11 is 0. The summed E-state index contributed by atoms with van der Waals surface area (Å²) in [5.74, 6) is 0.245. The molecule has 0 saturated carbocycles. The van der Waals surface area contributed by atoms with E-state index in [1.165, 1.54) is 0 Å². The number of ether oxygens (including phenoxy) is 2. The number of likely N-dealkylation sites (N-methyl/N-ethyl adjacent to an activating group) is 1. The van der Waals surface area contributed by atoms with E-state index >= 15 is 0 Å². The molecule has 11 heteroatoms. The zero-order valence-corrected chi connectivity index (χ0v) is 27.6. The lowest BCUT2D eigenvalue weighted by molar-refractivity contribution is -0.111. The van der Waals surface area contributed by atoms with Crippen molar-refractivity contribution >= 4 is 44.8 Å². The summed E-state index contributed by atoms with van der Waals surface area (Å²) in [4.78, 5) is 24.6. The molecule has 0 spiro atoms. The van der Waals surface area contributed by atoms with E-state index in [4.69, 9.17) is 14.5 Å². The molecule has 1 amide bonds. The number of pyridine rings is 2. The van der Waals surface area contributed by atoms with Crippen molar-refractivity contribution in [1.29, 1.82) is 5.26 Å². The van der Waals surface area contributed by atoms with Crippen molar-refractivity contribution in [1.82, 2.24) is 24.6 Å². The third-order valence-electron chi connectivity index (χ3n) is 8.59.